The van der Waals surface area contributed by atoms with Gasteiger partial charge in [-0.05, 0) is 35.1 Å². The fourth-order valence-corrected chi connectivity index (χ4v) is 5.21. The van der Waals surface area contributed by atoms with Crippen LogP contribution in [0.15, 0.2) is 48.5 Å². The van der Waals surface area contributed by atoms with E-state index in [2.05, 4.69) is 34.9 Å². The van der Waals surface area contributed by atoms with Crippen molar-refractivity contribution in [2.45, 2.75) is 50.0 Å². The number of nitrogens with one attached hydrogen (secondary N) is 2. The Morgan fingerprint density at radius 2 is 1.64 bits per heavy atom. The molecule has 2 amide bonds. The van der Waals surface area contributed by atoms with Crippen molar-refractivity contribution < 1.29 is 34.4 Å². The van der Waals surface area contributed by atoms with Gasteiger partial charge in [0.15, 0.2) is 0 Å². The van der Waals surface area contributed by atoms with Gasteiger partial charge in [-0.1, -0.05) is 48.5 Å². The number of hydrogen-bond acceptors (Lipinski definition) is 7. The molecule has 5 atom stereocenters. The Balaban J connectivity index is 1.22. The highest BCUT2D eigenvalue weighted by atomic mass is 16.5. The summed E-state index contributed by atoms with van der Waals surface area (Å²) in [7, 11) is 0. The van der Waals surface area contributed by atoms with E-state index in [0.717, 1.165) is 11.1 Å². The molecule has 2 aliphatic carbocycles. The summed E-state index contributed by atoms with van der Waals surface area (Å²) < 4.78 is 11.4. The summed E-state index contributed by atoms with van der Waals surface area (Å²) in [5.74, 6) is -0.905. The molecule has 9 heteroatoms. The first-order valence-electron chi connectivity index (χ1n) is 12.3. The number of carbonyl (C=O) groups is 2. The Labute approximate surface area is 210 Å². The minimum Gasteiger partial charge on any atom is -0.449 e. The van der Waals surface area contributed by atoms with Crippen molar-refractivity contribution in [3.63, 3.8) is 0 Å². The lowest BCUT2D eigenvalue weighted by Gasteiger charge is -2.42. The van der Waals surface area contributed by atoms with Gasteiger partial charge in [-0.25, -0.2) is 4.79 Å². The van der Waals surface area contributed by atoms with Gasteiger partial charge >= 0.3 is 6.09 Å². The highest BCUT2D eigenvalue weighted by molar-refractivity contribution is 5.79. The molecule has 5 N–H and O–H groups in total. The second kappa shape index (κ2) is 11.8. The zero-order chi connectivity index (χ0) is 25.7. The Kier molecular flexibility index (Phi) is 8.58. The summed E-state index contributed by atoms with van der Waals surface area (Å²) in [6, 6.07) is 15.5. The van der Waals surface area contributed by atoms with Crippen molar-refractivity contribution in [3.8, 4) is 11.1 Å². The van der Waals surface area contributed by atoms with E-state index in [1.807, 2.05) is 24.3 Å². The standard InChI is InChI=1S/C27H34N2O7/c1-16(31)29-24-23(13-17(14-30)25(32)26(24)33)35-12-6-11-28-27(34)36-15-22-20-9-4-2-7-18(20)19-8-3-5-10-21(19)22/h2-5,7-10,17,22-26,30,32-33H,6,11-15H2,1H3,(H,28,34)(H,29,31). The maximum atomic E-state index is 12.3. The van der Waals surface area contributed by atoms with Gasteiger partial charge in [-0.15, -0.1) is 0 Å². The van der Waals surface area contributed by atoms with Gasteiger partial charge in [-0.3, -0.25) is 4.79 Å². The van der Waals surface area contributed by atoms with Crippen molar-refractivity contribution in [1.82, 2.24) is 10.6 Å². The van der Waals surface area contributed by atoms with Crippen LogP contribution >= 0.6 is 0 Å². The molecule has 36 heavy (non-hydrogen) atoms. The third kappa shape index (κ3) is 5.70. The number of aliphatic hydroxyl groups excluding tert-OH is 3. The van der Waals surface area contributed by atoms with Gasteiger partial charge < -0.3 is 35.4 Å². The summed E-state index contributed by atoms with van der Waals surface area (Å²) in [5.41, 5.74) is 4.63. The van der Waals surface area contributed by atoms with E-state index in [-0.39, 0.29) is 31.6 Å². The van der Waals surface area contributed by atoms with Crippen molar-refractivity contribution in [1.29, 1.82) is 0 Å². The fourth-order valence-electron chi connectivity index (χ4n) is 5.21. The van der Waals surface area contributed by atoms with Crippen molar-refractivity contribution in [2.75, 3.05) is 26.4 Å². The molecule has 2 aliphatic rings. The first-order chi connectivity index (χ1) is 17.4. The molecule has 2 aromatic carbocycles. The zero-order valence-electron chi connectivity index (χ0n) is 20.3. The first kappa shape index (κ1) is 26.1. The Morgan fingerprint density at radius 1 is 1.00 bits per heavy atom. The molecule has 0 heterocycles. The second-order valence-corrected chi connectivity index (χ2v) is 9.40. The number of alkyl carbamates (subject to hydrolysis) is 1. The van der Waals surface area contributed by atoms with Crippen molar-refractivity contribution in [2.24, 2.45) is 5.92 Å². The van der Waals surface area contributed by atoms with E-state index < -0.39 is 36.4 Å². The van der Waals surface area contributed by atoms with Crippen LogP contribution < -0.4 is 10.6 Å². The molecule has 5 unspecified atom stereocenters. The average molecular weight is 499 g/mol. The van der Waals surface area contributed by atoms with E-state index in [1.165, 1.54) is 18.1 Å². The van der Waals surface area contributed by atoms with E-state index in [0.29, 0.717) is 19.4 Å². The number of carbonyl (C=O) groups excluding carboxylic acids is 2. The number of benzene rings is 2. The van der Waals surface area contributed by atoms with Crippen LogP contribution in [0.5, 0.6) is 0 Å². The number of rotatable bonds is 9. The van der Waals surface area contributed by atoms with Crippen LogP contribution in [0.1, 0.15) is 36.8 Å². The third-order valence-corrected chi connectivity index (χ3v) is 7.01. The normalized spacial score (nSPS) is 25.1. The SMILES string of the molecule is CC(=O)NC1C(OCCCNC(=O)OCC2c3ccccc3-c3ccccc32)CC(CO)C(O)C1O. The molecule has 1 fully saturated rings. The molecule has 0 spiro atoms. The van der Waals surface area contributed by atoms with E-state index in [9.17, 15) is 24.9 Å². The van der Waals surface area contributed by atoms with Crippen LogP contribution in [0.3, 0.4) is 0 Å². The molecular weight excluding hydrogens is 464 g/mol. The minimum atomic E-state index is -1.25. The highest BCUT2D eigenvalue weighted by Crippen LogP contribution is 2.44. The monoisotopic (exact) mass is 498 g/mol. The van der Waals surface area contributed by atoms with Crippen LogP contribution in [-0.4, -0.2) is 78.0 Å². The van der Waals surface area contributed by atoms with Crippen LogP contribution in [0.4, 0.5) is 4.79 Å². The smallest absolute Gasteiger partial charge is 0.407 e. The van der Waals surface area contributed by atoms with Gasteiger partial charge in [-0.2, -0.15) is 0 Å². The molecule has 0 aromatic heterocycles. The summed E-state index contributed by atoms with van der Waals surface area (Å²) in [5, 5.41) is 35.4. The molecule has 0 radical (unpaired) electrons. The van der Waals surface area contributed by atoms with Crippen molar-refractivity contribution >= 4 is 12.0 Å². The Hall–Kier alpha value is -2.98. The first-order valence-corrected chi connectivity index (χ1v) is 12.3. The highest BCUT2D eigenvalue weighted by Gasteiger charge is 2.44. The van der Waals surface area contributed by atoms with Crippen molar-refractivity contribution in [3.05, 3.63) is 59.7 Å². The lowest BCUT2D eigenvalue weighted by molar-refractivity contribution is -0.142. The average Bonchev–Trinajstić information content (AvgIpc) is 3.20. The van der Waals surface area contributed by atoms with Gasteiger partial charge in [0.05, 0.1) is 18.2 Å². The van der Waals surface area contributed by atoms with Gasteiger partial charge in [0.2, 0.25) is 5.91 Å². The largest absolute Gasteiger partial charge is 0.449 e. The maximum Gasteiger partial charge on any atom is 0.407 e. The second-order valence-electron chi connectivity index (χ2n) is 9.40. The predicted molar refractivity (Wildman–Crippen MR) is 132 cm³/mol. The third-order valence-electron chi connectivity index (χ3n) is 7.01. The summed E-state index contributed by atoms with van der Waals surface area (Å²) >= 11 is 0. The molecule has 2 aromatic rings. The summed E-state index contributed by atoms with van der Waals surface area (Å²) in [4.78, 5) is 23.8. The van der Waals surface area contributed by atoms with Crippen LogP contribution in [-0.2, 0) is 14.3 Å². The topological polar surface area (TPSA) is 137 Å². The van der Waals surface area contributed by atoms with E-state index in [4.69, 9.17) is 9.47 Å². The van der Waals surface area contributed by atoms with E-state index >= 15 is 0 Å². The minimum absolute atomic E-state index is 0.00950. The molecule has 9 nitrogen and oxygen atoms in total. The lowest BCUT2D eigenvalue weighted by atomic mass is 9.79. The maximum absolute atomic E-state index is 12.3. The Bertz CT molecular complexity index is 1020. The molecule has 4 rings (SSSR count). The zero-order valence-corrected chi connectivity index (χ0v) is 20.3. The summed E-state index contributed by atoms with van der Waals surface area (Å²) in [6.45, 7) is 1.84. The Morgan fingerprint density at radius 3 is 2.25 bits per heavy atom. The molecule has 0 saturated heterocycles. The number of hydrogen-bond donors (Lipinski definition) is 5. The molecule has 0 bridgehead atoms. The van der Waals surface area contributed by atoms with Crippen LogP contribution in [0, 0.1) is 5.92 Å². The lowest BCUT2D eigenvalue weighted by Crippen LogP contribution is -2.61. The quantitative estimate of drug-likeness (QED) is 0.331. The van der Waals surface area contributed by atoms with Crippen LogP contribution in [0.2, 0.25) is 0 Å². The van der Waals surface area contributed by atoms with Gasteiger partial charge in [0, 0.05) is 38.5 Å². The molecule has 1 saturated carbocycles. The predicted octanol–water partition coefficient (Wildman–Crippen LogP) is 1.54. The number of ether oxygens (including phenoxy) is 2. The van der Waals surface area contributed by atoms with Gasteiger partial charge in [0.25, 0.3) is 0 Å². The molecular formula is C27H34N2O7. The van der Waals surface area contributed by atoms with Crippen LogP contribution in [0.25, 0.3) is 11.1 Å². The molecule has 194 valence electrons. The van der Waals surface area contributed by atoms with Gasteiger partial charge in [0.1, 0.15) is 12.7 Å². The number of fused-ring (bicyclic) bond motifs is 3. The van der Waals surface area contributed by atoms with E-state index in [1.54, 1.807) is 0 Å². The summed E-state index contributed by atoms with van der Waals surface area (Å²) in [6.07, 6.45) is -2.70. The number of amides is 2. The number of aliphatic hydroxyl groups is 3. The molecule has 0 aliphatic heterocycles. The fraction of sp³-hybridized carbons (Fsp3) is 0.481.